The van der Waals surface area contributed by atoms with E-state index in [1.165, 1.54) is 26.6 Å². The third kappa shape index (κ3) is 3.16. The average molecular weight is 345 g/mol. The van der Waals surface area contributed by atoms with Crippen LogP contribution in [-0.4, -0.2) is 47.5 Å². The highest BCUT2D eigenvalue weighted by Gasteiger charge is 2.18. The van der Waals surface area contributed by atoms with Gasteiger partial charge in [-0.05, 0) is 17.7 Å². The van der Waals surface area contributed by atoms with E-state index in [1.54, 1.807) is 18.2 Å². The van der Waals surface area contributed by atoms with Crippen molar-refractivity contribution in [3.63, 3.8) is 0 Å². The molecular formula is C13H17ClN4O3S. The molecule has 1 aromatic carbocycles. The summed E-state index contributed by atoms with van der Waals surface area (Å²) < 4.78 is 26.2. The van der Waals surface area contributed by atoms with E-state index < -0.39 is 16.3 Å². The number of nitrogens with two attached hydrogens (primary N) is 1. The molecule has 3 N–H and O–H groups in total. The van der Waals surface area contributed by atoms with E-state index in [0.29, 0.717) is 21.8 Å². The molecule has 0 saturated carbocycles. The lowest BCUT2D eigenvalue weighted by molar-refractivity contribution is 0.268. The molecule has 0 bridgehead atoms. The molecule has 0 aliphatic heterocycles. The molecule has 120 valence electrons. The molecule has 0 spiro atoms. The molecule has 2 aromatic rings. The Hall–Kier alpha value is -1.45. The van der Waals surface area contributed by atoms with Crippen LogP contribution in [0.2, 0.25) is 5.02 Å². The van der Waals surface area contributed by atoms with E-state index in [1.807, 2.05) is 0 Å². The maximum absolute atomic E-state index is 12.0. The minimum Gasteiger partial charge on any atom is -0.394 e. The number of benzene rings is 1. The Kier molecular flexibility index (Phi) is 4.88. The number of halogens is 1. The minimum absolute atomic E-state index is 0.204. The number of nitrogens with zero attached hydrogens (tertiary/aromatic N) is 3. The first-order chi connectivity index (χ1) is 10.3. The summed E-state index contributed by atoms with van der Waals surface area (Å²) in [6.07, 6.45) is 2.59. The maximum Gasteiger partial charge on any atom is 0.308 e. The van der Waals surface area contributed by atoms with Crippen LogP contribution in [0.5, 0.6) is 0 Å². The second-order valence-corrected chi connectivity index (χ2v) is 7.36. The number of hydrogen-bond donors (Lipinski definition) is 2. The predicted octanol–water partition coefficient (Wildman–Crippen LogP) is 0.850. The number of rotatable bonds is 5. The van der Waals surface area contributed by atoms with Crippen molar-refractivity contribution in [1.82, 2.24) is 13.3 Å². The molecule has 1 atom stereocenters. The molecule has 0 aliphatic carbocycles. The Morgan fingerprint density at radius 3 is 2.73 bits per heavy atom. The van der Waals surface area contributed by atoms with Crippen LogP contribution in [0.4, 0.5) is 0 Å². The van der Waals surface area contributed by atoms with Crippen LogP contribution in [-0.2, 0) is 10.2 Å². The van der Waals surface area contributed by atoms with E-state index in [2.05, 4.69) is 4.98 Å². The zero-order chi connectivity index (χ0) is 16.5. The maximum atomic E-state index is 12.0. The van der Waals surface area contributed by atoms with Crippen molar-refractivity contribution in [2.75, 3.05) is 20.7 Å². The summed E-state index contributed by atoms with van der Waals surface area (Å²) in [6, 6.07) is 4.50. The van der Waals surface area contributed by atoms with Gasteiger partial charge in [-0.3, -0.25) is 0 Å². The van der Waals surface area contributed by atoms with Gasteiger partial charge in [-0.1, -0.05) is 17.7 Å². The topological polar surface area (TPSA) is 101 Å². The summed E-state index contributed by atoms with van der Waals surface area (Å²) in [5.74, 6) is 0. The van der Waals surface area contributed by atoms with Gasteiger partial charge in [0.25, 0.3) is 0 Å². The molecule has 9 heteroatoms. The van der Waals surface area contributed by atoms with Crippen LogP contribution in [0.3, 0.4) is 0 Å². The van der Waals surface area contributed by atoms with Crippen LogP contribution < -0.4 is 5.73 Å². The van der Waals surface area contributed by atoms with Crippen molar-refractivity contribution >= 4 is 21.8 Å². The Morgan fingerprint density at radius 2 is 2.14 bits per heavy atom. The fourth-order valence-electron chi connectivity index (χ4n) is 1.84. The first-order valence-corrected chi connectivity index (χ1v) is 8.18. The normalized spacial score (nSPS) is 13.5. The van der Waals surface area contributed by atoms with E-state index >= 15 is 0 Å². The number of aliphatic hydroxyl groups is 1. The molecule has 22 heavy (non-hydrogen) atoms. The third-order valence-corrected chi connectivity index (χ3v) is 5.16. The van der Waals surface area contributed by atoms with Gasteiger partial charge >= 0.3 is 10.2 Å². The molecule has 1 heterocycles. The summed E-state index contributed by atoms with van der Waals surface area (Å²) in [6.45, 7) is -0.204. The van der Waals surface area contributed by atoms with Gasteiger partial charge in [0.1, 0.15) is 6.33 Å². The van der Waals surface area contributed by atoms with Crippen molar-refractivity contribution in [3.8, 4) is 11.3 Å². The smallest absolute Gasteiger partial charge is 0.308 e. The lowest BCUT2D eigenvalue weighted by Gasteiger charge is -2.11. The molecule has 0 fully saturated rings. The van der Waals surface area contributed by atoms with Crippen LogP contribution in [0.15, 0.2) is 30.7 Å². The van der Waals surface area contributed by atoms with Crippen LogP contribution >= 0.6 is 11.6 Å². The highest BCUT2D eigenvalue weighted by atomic mass is 35.5. The fraction of sp³-hybridized carbons (Fsp3) is 0.308. The molecule has 0 amide bonds. The standard InChI is InChI=1S/C13H17ClN4O3S/c1-17(2)22(20,21)18-6-13(16-8-18)10-5-9(12(15)7-19)3-4-11(10)14/h3-6,8,12,19H,7,15H2,1-2H3. The van der Waals surface area contributed by atoms with Gasteiger partial charge in [0, 0.05) is 25.9 Å². The predicted molar refractivity (Wildman–Crippen MR) is 84.7 cm³/mol. The molecule has 1 unspecified atom stereocenters. The SMILES string of the molecule is CN(C)S(=O)(=O)n1cnc(-c2cc(C(N)CO)ccc2Cl)c1. The molecule has 0 saturated heterocycles. The van der Waals surface area contributed by atoms with Crippen molar-refractivity contribution in [3.05, 3.63) is 41.3 Å². The summed E-state index contributed by atoms with van der Waals surface area (Å²) in [5, 5.41) is 9.55. The van der Waals surface area contributed by atoms with E-state index in [9.17, 15) is 8.42 Å². The summed E-state index contributed by atoms with van der Waals surface area (Å²) in [7, 11) is -0.761. The highest BCUT2D eigenvalue weighted by Crippen LogP contribution is 2.29. The average Bonchev–Trinajstić information content (AvgIpc) is 2.97. The summed E-state index contributed by atoms with van der Waals surface area (Å²) >= 11 is 6.15. The Bertz CT molecular complexity index is 773. The second-order valence-electron chi connectivity index (χ2n) is 4.91. The summed E-state index contributed by atoms with van der Waals surface area (Å²) in [4.78, 5) is 4.09. The molecule has 0 aliphatic rings. The fourth-order valence-corrected chi connectivity index (χ4v) is 2.83. The Balaban J connectivity index is 2.48. The van der Waals surface area contributed by atoms with Gasteiger partial charge < -0.3 is 10.8 Å². The van der Waals surface area contributed by atoms with Crippen LogP contribution in [0.25, 0.3) is 11.3 Å². The Morgan fingerprint density at radius 1 is 1.45 bits per heavy atom. The van der Waals surface area contributed by atoms with Crippen molar-refractivity contribution in [2.45, 2.75) is 6.04 Å². The van der Waals surface area contributed by atoms with Gasteiger partial charge in [0.15, 0.2) is 0 Å². The largest absolute Gasteiger partial charge is 0.394 e. The van der Waals surface area contributed by atoms with Gasteiger partial charge in [0.05, 0.1) is 23.4 Å². The van der Waals surface area contributed by atoms with E-state index in [0.717, 1.165) is 8.28 Å². The minimum atomic E-state index is -3.63. The lowest BCUT2D eigenvalue weighted by Crippen LogP contribution is -2.27. The highest BCUT2D eigenvalue weighted by molar-refractivity contribution is 7.87. The summed E-state index contributed by atoms with van der Waals surface area (Å²) in [5.41, 5.74) is 7.43. The van der Waals surface area contributed by atoms with Crippen molar-refractivity contribution < 1.29 is 13.5 Å². The van der Waals surface area contributed by atoms with Gasteiger partial charge in [-0.15, -0.1) is 0 Å². The monoisotopic (exact) mass is 344 g/mol. The molecular weight excluding hydrogens is 328 g/mol. The number of aromatic nitrogens is 2. The second kappa shape index (κ2) is 6.35. The first-order valence-electron chi connectivity index (χ1n) is 6.40. The van der Waals surface area contributed by atoms with Crippen LogP contribution in [0.1, 0.15) is 11.6 Å². The number of imidazole rings is 1. The van der Waals surface area contributed by atoms with Gasteiger partial charge in [0.2, 0.25) is 0 Å². The molecule has 1 aromatic heterocycles. The Labute approximate surface area is 134 Å². The van der Waals surface area contributed by atoms with Crippen LogP contribution in [0, 0.1) is 0 Å². The quantitative estimate of drug-likeness (QED) is 0.837. The zero-order valence-corrected chi connectivity index (χ0v) is 13.7. The van der Waals surface area contributed by atoms with E-state index in [-0.39, 0.29) is 6.61 Å². The third-order valence-electron chi connectivity index (χ3n) is 3.18. The lowest BCUT2D eigenvalue weighted by atomic mass is 10.0. The van der Waals surface area contributed by atoms with Gasteiger partial charge in [-0.2, -0.15) is 12.7 Å². The molecule has 7 nitrogen and oxygen atoms in total. The van der Waals surface area contributed by atoms with Crippen molar-refractivity contribution in [1.29, 1.82) is 0 Å². The number of hydrogen-bond acceptors (Lipinski definition) is 5. The van der Waals surface area contributed by atoms with Gasteiger partial charge in [-0.25, -0.2) is 8.96 Å². The number of aliphatic hydroxyl groups excluding tert-OH is 1. The first kappa shape index (κ1) is 16.9. The van der Waals surface area contributed by atoms with E-state index in [4.69, 9.17) is 22.4 Å². The van der Waals surface area contributed by atoms with Crippen molar-refractivity contribution in [2.24, 2.45) is 5.73 Å². The zero-order valence-electron chi connectivity index (χ0n) is 12.1. The molecule has 2 rings (SSSR count). The molecule has 0 radical (unpaired) electrons.